The van der Waals surface area contributed by atoms with Gasteiger partial charge in [-0.15, -0.1) is 0 Å². The van der Waals surface area contributed by atoms with E-state index < -0.39 is 0 Å². The van der Waals surface area contributed by atoms with Gasteiger partial charge in [-0.25, -0.2) is 5.48 Å². The molecule has 1 amide bonds. The van der Waals surface area contributed by atoms with E-state index in [1.54, 1.807) is 18.2 Å². The summed E-state index contributed by atoms with van der Waals surface area (Å²) in [5.74, 6) is -0.346. The largest absolute Gasteiger partial charge is 0.380 e. The summed E-state index contributed by atoms with van der Waals surface area (Å²) < 4.78 is 0. The van der Waals surface area contributed by atoms with E-state index >= 15 is 0 Å². The summed E-state index contributed by atoms with van der Waals surface area (Å²) in [5, 5.41) is 4.11. The SMILES string of the molecule is O=C(NOCc1ccccc1)c1ccccc1NCc1c(Cl)cncc1Cl. The number of hydrogen-bond donors (Lipinski definition) is 2. The number of benzene rings is 2. The molecule has 1 aromatic heterocycles. The molecule has 0 unspecified atom stereocenters. The van der Waals surface area contributed by atoms with Crippen molar-refractivity contribution in [1.82, 2.24) is 10.5 Å². The molecule has 138 valence electrons. The number of anilines is 1. The second kappa shape index (κ2) is 9.37. The van der Waals surface area contributed by atoms with Crippen molar-refractivity contribution in [2.24, 2.45) is 0 Å². The zero-order chi connectivity index (χ0) is 19.1. The number of rotatable bonds is 7. The number of hydrogen-bond acceptors (Lipinski definition) is 4. The van der Waals surface area contributed by atoms with Gasteiger partial charge in [0.25, 0.3) is 5.91 Å². The molecule has 0 saturated heterocycles. The predicted molar refractivity (Wildman–Crippen MR) is 107 cm³/mol. The number of hydroxylamine groups is 1. The molecule has 3 rings (SSSR count). The minimum atomic E-state index is -0.346. The Morgan fingerprint density at radius 2 is 1.63 bits per heavy atom. The Balaban J connectivity index is 1.63. The minimum absolute atomic E-state index is 0.282. The summed E-state index contributed by atoms with van der Waals surface area (Å²) in [6.45, 7) is 0.639. The fourth-order valence-electron chi connectivity index (χ4n) is 2.44. The van der Waals surface area contributed by atoms with Crippen LogP contribution < -0.4 is 10.8 Å². The molecule has 0 aliphatic rings. The van der Waals surface area contributed by atoms with Crippen molar-refractivity contribution in [3.8, 4) is 0 Å². The molecule has 2 N–H and O–H groups in total. The molecule has 3 aromatic rings. The molecule has 5 nitrogen and oxygen atoms in total. The third kappa shape index (κ3) is 5.20. The zero-order valence-corrected chi connectivity index (χ0v) is 15.8. The first-order valence-corrected chi connectivity index (χ1v) is 8.97. The van der Waals surface area contributed by atoms with Crippen LogP contribution in [0, 0.1) is 0 Å². The third-order valence-electron chi connectivity index (χ3n) is 3.83. The third-order valence-corrected chi connectivity index (χ3v) is 4.48. The second-order valence-electron chi connectivity index (χ2n) is 5.69. The summed E-state index contributed by atoms with van der Waals surface area (Å²) in [4.78, 5) is 21.7. The molecular formula is C20H17Cl2N3O2. The molecule has 1 heterocycles. The first kappa shape index (κ1) is 19.2. The van der Waals surface area contributed by atoms with E-state index in [9.17, 15) is 4.79 Å². The Bertz CT molecular complexity index is 900. The lowest BCUT2D eigenvalue weighted by molar-refractivity contribution is 0.0234. The van der Waals surface area contributed by atoms with Crippen LogP contribution in [0.3, 0.4) is 0 Å². The van der Waals surface area contributed by atoms with Gasteiger partial charge < -0.3 is 5.32 Å². The van der Waals surface area contributed by atoms with Gasteiger partial charge >= 0.3 is 0 Å². The van der Waals surface area contributed by atoms with E-state index in [0.29, 0.717) is 33.4 Å². The van der Waals surface area contributed by atoms with Crippen molar-refractivity contribution in [3.63, 3.8) is 0 Å². The van der Waals surface area contributed by atoms with Crippen molar-refractivity contribution in [2.45, 2.75) is 13.2 Å². The molecule has 0 aliphatic heterocycles. The van der Waals surface area contributed by atoms with Crippen LogP contribution in [0.4, 0.5) is 5.69 Å². The van der Waals surface area contributed by atoms with Gasteiger partial charge in [-0.2, -0.15) is 0 Å². The van der Waals surface area contributed by atoms with Gasteiger partial charge in [-0.3, -0.25) is 14.6 Å². The van der Waals surface area contributed by atoms with Crippen LogP contribution >= 0.6 is 23.2 Å². The average molecular weight is 402 g/mol. The number of para-hydroxylation sites is 1. The Kier molecular flexibility index (Phi) is 6.65. The molecule has 0 atom stereocenters. The average Bonchev–Trinajstić information content (AvgIpc) is 2.68. The molecule has 0 radical (unpaired) electrons. The molecule has 27 heavy (non-hydrogen) atoms. The summed E-state index contributed by atoms with van der Waals surface area (Å²) in [7, 11) is 0. The van der Waals surface area contributed by atoms with Crippen LogP contribution in [0.15, 0.2) is 67.0 Å². The van der Waals surface area contributed by atoms with E-state index in [4.69, 9.17) is 28.0 Å². The normalized spacial score (nSPS) is 10.4. The Labute approximate surface area is 167 Å². The van der Waals surface area contributed by atoms with Gasteiger partial charge in [0.2, 0.25) is 0 Å². The highest BCUT2D eigenvalue weighted by molar-refractivity contribution is 6.35. The maximum Gasteiger partial charge on any atom is 0.276 e. The van der Waals surface area contributed by atoms with E-state index in [1.165, 1.54) is 12.4 Å². The van der Waals surface area contributed by atoms with Gasteiger partial charge in [-0.1, -0.05) is 65.7 Å². The van der Waals surface area contributed by atoms with Crippen molar-refractivity contribution >= 4 is 34.8 Å². The number of carbonyl (C=O) groups excluding carboxylic acids is 1. The lowest BCUT2D eigenvalue weighted by Gasteiger charge is -2.13. The summed E-state index contributed by atoms with van der Waals surface area (Å²) in [5.41, 5.74) is 5.24. The summed E-state index contributed by atoms with van der Waals surface area (Å²) >= 11 is 12.3. The maximum absolute atomic E-state index is 12.5. The molecule has 0 spiro atoms. The summed E-state index contributed by atoms with van der Waals surface area (Å²) in [6.07, 6.45) is 3.06. The number of nitrogens with one attached hydrogen (secondary N) is 2. The lowest BCUT2D eigenvalue weighted by atomic mass is 10.1. The Hall–Kier alpha value is -2.60. The van der Waals surface area contributed by atoms with Crippen LogP contribution in [-0.2, 0) is 18.0 Å². The Morgan fingerprint density at radius 1 is 0.963 bits per heavy atom. The predicted octanol–water partition coefficient (Wildman–Crippen LogP) is 4.86. The van der Waals surface area contributed by atoms with Crippen molar-refractivity contribution in [1.29, 1.82) is 0 Å². The minimum Gasteiger partial charge on any atom is -0.380 e. The lowest BCUT2D eigenvalue weighted by Crippen LogP contribution is -2.24. The molecule has 0 fully saturated rings. The van der Waals surface area contributed by atoms with Crippen molar-refractivity contribution < 1.29 is 9.63 Å². The van der Waals surface area contributed by atoms with Crippen LogP contribution in [0.5, 0.6) is 0 Å². The topological polar surface area (TPSA) is 63.2 Å². The standard InChI is InChI=1S/C20H17Cl2N3O2/c21-17-11-23-12-18(22)16(17)10-24-19-9-5-4-8-15(19)20(26)25-27-13-14-6-2-1-3-7-14/h1-9,11-12,24H,10,13H2,(H,25,26). The highest BCUT2D eigenvalue weighted by Gasteiger charge is 2.12. The highest BCUT2D eigenvalue weighted by atomic mass is 35.5. The molecule has 2 aromatic carbocycles. The quantitative estimate of drug-likeness (QED) is 0.554. The van der Waals surface area contributed by atoms with Crippen LogP contribution in [-0.4, -0.2) is 10.9 Å². The fraction of sp³-hybridized carbons (Fsp3) is 0.100. The first-order chi connectivity index (χ1) is 13.1. The monoisotopic (exact) mass is 401 g/mol. The number of halogens is 2. The smallest absolute Gasteiger partial charge is 0.276 e. The number of carbonyl (C=O) groups is 1. The highest BCUT2D eigenvalue weighted by Crippen LogP contribution is 2.25. The summed E-state index contributed by atoms with van der Waals surface area (Å²) in [6, 6.07) is 16.7. The fourth-order valence-corrected chi connectivity index (χ4v) is 2.94. The van der Waals surface area contributed by atoms with E-state index in [2.05, 4.69) is 15.8 Å². The van der Waals surface area contributed by atoms with E-state index in [0.717, 1.165) is 5.56 Å². The molecule has 7 heteroatoms. The molecule has 0 aliphatic carbocycles. The van der Waals surface area contributed by atoms with Crippen molar-refractivity contribution in [2.75, 3.05) is 5.32 Å². The first-order valence-electron chi connectivity index (χ1n) is 8.22. The van der Waals surface area contributed by atoms with Crippen molar-refractivity contribution in [3.05, 3.63) is 93.7 Å². The second-order valence-corrected chi connectivity index (χ2v) is 6.50. The van der Waals surface area contributed by atoms with Gasteiger partial charge in [-0.05, 0) is 17.7 Å². The molecule has 0 saturated carbocycles. The maximum atomic E-state index is 12.5. The van der Waals surface area contributed by atoms with E-state index in [-0.39, 0.29) is 12.5 Å². The molecule has 0 bridgehead atoms. The van der Waals surface area contributed by atoms with Crippen LogP contribution in [0.1, 0.15) is 21.5 Å². The van der Waals surface area contributed by atoms with Gasteiger partial charge in [0.1, 0.15) is 0 Å². The number of aromatic nitrogens is 1. The van der Waals surface area contributed by atoms with Gasteiger partial charge in [0, 0.05) is 30.2 Å². The van der Waals surface area contributed by atoms with Gasteiger partial charge in [0.15, 0.2) is 0 Å². The number of amides is 1. The number of nitrogens with zero attached hydrogens (tertiary/aromatic N) is 1. The number of pyridine rings is 1. The molecular weight excluding hydrogens is 385 g/mol. The van der Waals surface area contributed by atoms with Crippen LogP contribution in [0.2, 0.25) is 10.0 Å². The zero-order valence-electron chi connectivity index (χ0n) is 14.3. The van der Waals surface area contributed by atoms with Gasteiger partial charge in [0.05, 0.1) is 22.2 Å². The van der Waals surface area contributed by atoms with E-state index in [1.807, 2.05) is 36.4 Å². The van der Waals surface area contributed by atoms with Crippen LogP contribution in [0.25, 0.3) is 0 Å². The Morgan fingerprint density at radius 3 is 2.37 bits per heavy atom.